The van der Waals surface area contributed by atoms with E-state index in [2.05, 4.69) is 91.4 Å². The Bertz CT molecular complexity index is 2060. The van der Waals surface area contributed by atoms with Crippen LogP contribution in [-0.2, 0) is 0 Å². The summed E-state index contributed by atoms with van der Waals surface area (Å²) in [5, 5.41) is 0.808. The molecule has 0 aliphatic carbocycles. The Morgan fingerprint density at radius 3 is 0.489 bits per heavy atom. The molecule has 2 aliphatic rings. The summed E-state index contributed by atoms with van der Waals surface area (Å²) in [6, 6.07) is 0. The van der Waals surface area contributed by atoms with Gasteiger partial charge < -0.3 is 0 Å². The minimum atomic E-state index is -0.353. The molecule has 0 saturated heterocycles. The third-order valence-electron chi connectivity index (χ3n) is 21.1. The number of imide groups is 2. The van der Waals surface area contributed by atoms with Gasteiger partial charge in [-0.25, -0.2) is 0 Å². The first-order valence-corrected chi connectivity index (χ1v) is 43.3. The van der Waals surface area contributed by atoms with Crippen molar-refractivity contribution in [2.24, 2.45) is 11.8 Å². The first-order chi connectivity index (χ1) is 45.0. The van der Waals surface area contributed by atoms with Gasteiger partial charge in [0, 0.05) is 41.8 Å². The van der Waals surface area contributed by atoms with Gasteiger partial charge in [0.2, 0.25) is 0 Å². The number of hydrogen-bond donors (Lipinski definition) is 0. The van der Waals surface area contributed by atoms with Gasteiger partial charge in [-0.3, -0.25) is 29.0 Å². The van der Waals surface area contributed by atoms with E-state index in [1.807, 2.05) is 0 Å². The number of hydrogen-bond acceptors (Lipinski definition) is 4. The van der Waals surface area contributed by atoms with E-state index in [1.165, 1.54) is 344 Å². The Morgan fingerprint density at radius 2 is 0.348 bits per heavy atom. The molecular weight excluding hydrogens is 1400 g/mol. The van der Waals surface area contributed by atoms with E-state index in [9.17, 15) is 0 Å². The summed E-state index contributed by atoms with van der Waals surface area (Å²) in [5.41, 5.74) is 1.41. The standard InChI is InChI=1S/C82H138Br4N2O4/c1-5-9-13-17-21-25-27-29-31-33-35-37-39-41-43-45-47-51-55-59-63-67(61-57-53-49-23-19-15-11-7-3)65-87-79(89)71-69-70-73(77(85)75(71)83)81(91)88(82(92)74(70)78(86)76(84)72(69)80(87)90)66-68(62-58-54-50-24-20-16-12-8-4)64-60-56-52-48-46-44-42-40-38-36-34-32-30-28-26-22-18-14-10-6-2/h67-68H,5-66H2,1-4H3. The highest BCUT2D eigenvalue weighted by Gasteiger charge is 2.46. The predicted octanol–water partition coefficient (Wildman–Crippen LogP) is 29.8. The molecule has 6 nitrogen and oxygen atoms in total. The second-order valence-corrected chi connectivity index (χ2v) is 32.4. The average Bonchev–Trinajstić information content (AvgIpc) is 0.693. The highest BCUT2D eigenvalue weighted by atomic mass is 79.9. The van der Waals surface area contributed by atoms with Crippen molar-refractivity contribution >= 4 is 98.1 Å². The van der Waals surface area contributed by atoms with Gasteiger partial charge in [-0.1, -0.05) is 387 Å². The van der Waals surface area contributed by atoms with Crippen molar-refractivity contribution in [1.29, 1.82) is 0 Å². The Morgan fingerprint density at radius 1 is 0.217 bits per heavy atom. The van der Waals surface area contributed by atoms with Gasteiger partial charge in [-0.15, -0.1) is 0 Å². The van der Waals surface area contributed by atoms with E-state index in [-0.39, 0.29) is 35.5 Å². The number of halogens is 4. The van der Waals surface area contributed by atoms with Crippen molar-refractivity contribution in [3.63, 3.8) is 0 Å². The van der Waals surface area contributed by atoms with Crippen molar-refractivity contribution in [3.05, 3.63) is 40.1 Å². The van der Waals surface area contributed by atoms with Crippen LogP contribution < -0.4 is 0 Å². The molecule has 4 amide bonds. The topological polar surface area (TPSA) is 74.8 Å². The molecular formula is C82H138Br4N2O4. The number of rotatable bonds is 64. The molecule has 2 aromatic carbocycles. The zero-order chi connectivity index (χ0) is 66.2. The second-order valence-electron chi connectivity index (χ2n) is 29.2. The molecule has 0 radical (unpaired) electrons. The quantitative estimate of drug-likeness (QED) is 0.0489. The van der Waals surface area contributed by atoms with Crippen LogP contribution in [0.2, 0.25) is 0 Å². The summed E-state index contributed by atoms with van der Waals surface area (Å²) in [4.78, 5) is 63.6. The van der Waals surface area contributed by atoms with Crippen LogP contribution in [0, 0.1) is 11.8 Å². The van der Waals surface area contributed by atoms with Crippen LogP contribution in [0.5, 0.6) is 0 Å². The van der Waals surface area contributed by atoms with E-state index in [1.54, 1.807) is 0 Å². The van der Waals surface area contributed by atoms with Crippen molar-refractivity contribution in [1.82, 2.24) is 9.80 Å². The number of amides is 4. The first kappa shape index (κ1) is 83.3. The molecule has 4 rings (SSSR count). The largest absolute Gasteiger partial charge is 0.274 e. The van der Waals surface area contributed by atoms with Gasteiger partial charge in [0.15, 0.2) is 0 Å². The third-order valence-corrected chi connectivity index (χ3v) is 25.3. The molecule has 2 atom stereocenters. The summed E-state index contributed by atoms with van der Waals surface area (Å²) in [6.07, 6.45) is 78.1. The Kier molecular flexibility index (Phi) is 48.7. The Balaban J connectivity index is 1.35. The summed E-state index contributed by atoms with van der Waals surface area (Å²) in [6.45, 7) is 9.85. The summed E-state index contributed by atoms with van der Waals surface area (Å²) >= 11 is 15.4. The number of carbonyl (C=O) groups is 4. The number of carbonyl (C=O) groups excluding carboxylic acids is 4. The lowest BCUT2D eigenvalue weighted by Crippen LogP contribution is -2.46. The van der Waals surface area contributed by atoms with Crippen LogP contribution in [-0.4, -0.2) is 46.5 Å². The van der Waals surface area contributed by atoms with Crippen LogP contribution in [0.4, 0.5) is 0 Å². The molecule has 0 bridgehead atoms. The average molecular weight is 1540 g/mol. The van der Waals surface area contributed by atoms with Crippen molar-refractivity contribution in [3.8, 4) is 0 Å². The van der Waals surface area contributed by atoms with Gasteiger partial charge in [0.1, 0.15) is 0 Å². The van der Waals surface area contributed by atoms with Crippen molar-refractivity contribution < 1.29 is 19.2 Å². The minimum absolute atomic E-state index is 0.191. The summed E-state index contributed by atoms with van der Waals surface area (Å²) in [5.74, 6) is -1.03. The van der Waals surface area contributed by atoms with E-state index in [4.69, 9.17) is 0 Å². The van der Waals surface area contributed by atoms with E-state index in [0.717, 1.165) is 51.4 Å². The van der Waals surface area contributed by atoms with E-state index >= 15 is 19.2 Å². The molecule has 0 spiro atoms. The molecule has 2 heterocycles. The molecule has 2 unspecified atom stereocenters. The smallest absolute Gasteiger partial charge is 0.262 e. The maximum atomic E-state index is 15.2. The molecule has 0 saturated carbocycles. The molecule has 2 aromatic rings. The van der Waals surface area contributed by atoms with Gasteiger partial charge in [0.05, 0.1) is 22.3 Å². The molecule has 0 fully saturated rings. The maximum Gasteiger partial charge on any atom is 0.262 e. The molecule has 0 aromatic heterocycles. The lowest BCUT2D eigenvalue weighted by molar-refractivity contribution is 0.0554. The SMILES string of the molecule is CCCCCCCCCCCCCCCCCCCCCCC(CCCCCCCCCC)CN1C(=O)c2c(Br)c(Br)c3c4c(c(Br)c(Br)c(c24)C1=O)C(=O)N(CC(CCCCCCCCCC)CCCCCCCCCCCCCCCCCCCCCC)C3=O. The van der Waals surface area contributed by atoms with Crippen LogP contribution in [0.3, 0.4) is 0 Å². The minimum Gasteiger partial charge on any atom is -0.274 e. The monoisotopic (exact) mass is 1530 g/mol. The third kappa shape index (κ3) is 31.8. The first-order valence-electron chi connectivity index (χ1n) is 40.1. The number of nitrogens with zero attached hydrogens (tertiary/aromatic N) is 2. The zero-order valence-corrected chi connectivity index (χ0v) is 66.4. The normalized spacial score (nSPS) is 13.9. The second kappa shape index (κ2) is 53.8. The Hall–Kier alpha value is -1.10. The highest BCUT2D eigenvalue weighted by molar-refractivity contribution is 9.13. The van der Waals surface area contributed by atoms with E-state index in [0.29, 0.717) is 64.0 Å². The molecule has 10 heteroatoms. The molecule has 0 N–H and O–H groups in total. The van der Waals surface area contributed by atoms with Crippen molar-refractivity contribution in [2.75, 3.05) is 13.1 Å². The number of unbranched alkanes of at least 4 members (excludes halogenated alkanes) is 52. The molecule has 2 aliphatic heterocycles. The summed E-state index contributed by atoms with van der Waals surface area (Å²) in [7, 11) is 0. The van der Waals surface area contributed by atoms with Crippen LogP contribution >= 0.6 is 63.7 Å². The molecule has 528 valence electrons. The van der Waals surface area contributed by atoms with Gasteiger partial charge >= 0.3 is 0 Å². The summed E-state index contributed by atoms with van der Waals surface area (Å²) < 4.78 is 1.89. The van der Waals surface area contributed by atoms with Crippen LogP contribution in [0.25, 0.3) is 10.8 Å². The highest BCUT2D eigenvalue weighted by Crippen LogP contribution is 2.51. The van der Waals surface area contributed by atoms with Gasteiger partial charge in [-0.05, 0) is 101 Å². The van der Waals surface area contributed by atoms with Gasteiger partial charge in [-0.2, -0.15) is 0 Å². The maximum absolute atomic E-state index is 15.2. The lowest BCUT2D eigenvalue weighted by atomic mass is 9.84. The predicted molar refractivity (Wildman–Crippen MR) is 412 cm³/mol. The zero-order valence-electron chi connectivity index (χ0n) is 60.0. The van der Waals surface area contributed by atoms with Gasteiger partial charge in [0.25, 0.3) is 23.6 Å². The van der Waals surface area contributed by atoms with E-state index < -0.39 is 0 Å². The van der Waals surface area contributed by atoms with Crippen LogP contribution in [0.1, 0.15) is 454 Å². The fourth-order valence-electron chi connectivity index (χ4n) is 15.2. The van der Waals surface area contributed by atoms with Crippen molar-refractivity contribution in [2.45, 2.75) is 413 Å². The van der Waals surface area contributed by atoms with Crippen LogP contribution in [0.15, 0.2) is 17.9 Å². The fourth-order valence-corrected chi connectivity index (χ4v) is 17.4. The number of benzene rings is 2. The fraction of sp³-hybridized carbons (Fsp3) is 0.829. The molecule has 92 heavy (non-hydrogen) atoms. The lowest BCUT2D eigenvalue weighted by Gasteiger charge is -2.36. The Labute approximate surface area is 600 Å².